The Morgan fingerprint density at radius 2 is 1.50 bits per heavy atom. The number of piperazine rings is 2. The van der Waals surface area contributed by atoms with Gasteiger partial charge in [-0.25, -0.2) is 0 Å². The lowest BCUT2D eigenvalue weighted by Crippen LogP contribution is -2.53. The maximum atomic E-state index is 12.1. The first-order valence-corrected chi connectivity index (χ1v) is 6.63. The van der Waals surface area contributed by atoms with Gasteiger partial charge in [0, 0.05) is 59.3 Å². The molecule has 6 nitrogen and oxygen atoms in total. The molecule has 2 fully saturated rings. The van der Waals surface area contributed by atoms with Crippen molar-refractivity contribution in [1.82, 2.24) is 20.0 Å². The van der Waals surface area contributed by atoms with Crippen LogP contribution in [0.2, 0.25) is 0 Å². The maximum Gasteiger partial charge on any atom is 0.236 e. The lowest BCUT2D eigenvalue weighted by Gasteiger charge is -2.36. The average molecular weight is 254 g/mol. The van der Waals surface area contributed by atoms with E-state index in [1.54, 1.807) is 11.8 Å². The molecule has 0 aromatic carbocycles. The largest absolute Gasteiger partial charge is 0.339 e. The van der Waals surface area contributed by atoms with Crippen LogP contribution in [0.1, 0.15) is 6.92 Å². The van der Waals surface area contributed by atoms with E-state index < -0.39 is 0 Å². The quantitative estimate of drug-likeness (QED) is 0.657. The van der Waals surface area contributed by atoms with E-state index in [0.717, 1.165) is 26.2 Å². The number of nitrogens with one attached hydrogen (secondary N) is 1. The Kier molecular flexibility index (Phi) is 4.54. The van der Waals surface area contributed by atoms with E-state index in [2.05, 4.69) is 10.2 Å². The highest BCUT2D eigenvalue weighted by Crippen LogP contribution is 2.04. The summed E-state index contributed by atoms with van der Waals surface area (Å²) in [5.41, 5.74) is 0. The monoisotopic (exact) mass is 254 g/mol. The first-order chi connectivity index (χ1) is 8.66. The molecule has 2 rings (SSSR count). The molecular formula is C12H22N4O2. The molecule has 1 N–H and O–H groups in total. The standard InChI is InChI=1S/C12H22N4O2/c1-11(17)15-6-8-16(9-7-15)12(18)10-14-4-2-13-3-5-14/h13H,2-10H2,1H3. The van der Waals surface area contributed by atoms with Crippen molar-refractivity contribution in [3.8, 4) is 0 Å². The zero-order valence-corrected chi connectivity index (χ0v) is 11.0. The molecule has 0 unspecified atom stereocenters. The second-order valence-electron chi connectivity index (χ2n) is 4.91. The van der Waals surface area contributed by atoms with Crippen LogP contribution in [0.25, 0.3) is 0 Å². The van der Waals surface area contributed by atoms with Crippen LogP contribution in [0, 0.1) is 0 Å². The Bertz CT molecular complexity index is 307. The van der Waals surface area contributed by atoms with Gasteiger partial charge in [0.05, 0.1) is 6.54 Å². The molecule has 2 amide bonds. The number of hydrogen-bond donors (Lipinski definition) is 1. The fourth-order valence-corrected chi connectivity index (χ4v) is 2.43. The average Bonchev–Trinajstić information content (AvgIpc) is 2.40. The van der Waals surface area contributed by atoms with E-state index in [4.69, 9.17) is 0 Å². The summed E-state index contributed by atoms with van der Waals surface area (Å²) in [5, 5.41) is 3.28. The summed E-state index contributed by atoms with van der Waals surface area (Å²) < 4.78 is 0. The van der Waals surface area contributed by atoms with Crippen LogP contribution in [0.3, 0.4) is 0 Å². The van der Waals surface area contributed by atoms with Crippen molar-refractivity contribution in [2.24, 2.45) is 0 Å². The van der Waals surface area contributed by atoms with Gasteiger partial charge in [-0.1, -0.05) is 0 Å². The fraction of sp³-hybridized carbons (Fsp3) is 0.833. The first-order valence-electron chi connectivity index (χ1n) is 6.63. The second kappa shape index (κ2) is 6.15. The molecule has 2 aliphatic heterocycles. The molecule has 0 saturated carbocycles. The van der Waals surface area contributed by atoms with Crippen LogP contribution in [0.4, 0.5) is 0 Å². The Morgan fingerprint density at radius 1 is 0.944 bits per heavy atom. The van der Waals surface area contributed by atoms with Crippen LogP contribution in [-0.4, -0.2) is 85.4 Å². The van der Waals surface area contributed by atoms with Gasteiger partial charge in [-0.2, -0.15) is 0 Å². The van der Waals surface area contributed by atoms with Gasteiger partial charge in [0.2, 0.25) is 11.8 Å². The molecule has 0 atom stereocenters. The topological polar surface area (TPSA) is 55.9 Å². The van der Waals surface area contributed by atoms with Crippen LogP contribution >= 0.6 is 0 Å². The molecule has 2 aliphatic rings. The van der Waals surface area contributed by atoms with Crippen LogP contribution in [0.5, 0.6) is 0 Å². The van der Waals surface area contributed by atoms with Gasteiger partial charge in [-0.05, 0) is 0 Å². The fourth-order valence-electron chi connectivity index (χ4n) is 2.43. The van der Waals surface area contributed by atoms with Crippen LogP contribution < -0.4 is 5.32 Å². The zero-order valence-electron chi connectivity index (χ0n) is 11.0. The van der Waals surface area contributed by atoms with Crippen molar-refractivity contribution in [3.05, 3.63) is 0 Å². The Morgan fingerprint density at radius 3 is 2.06 bits per heavy atom. The van der Waals surface area contributed by atoms with Crippen molar-refractivity contribution >= 4 is 11.8 Å². The molecule has 0 aromatic rings. The van der Waals surface area contributed by atoms with Crippen molar-refractivity contribution in [2.45, 2.75) is 6.92 Å². The van der Waals surface area contributed by atoms with Gasteiger partial charge in [0.1, 0.15) is 0 Å². The molecule has 2 saturated heterocycles. The highest BCUT2D eigenvalue weighted by atomic mass is 16.2. The predicted molar refractivity (Wildman–Crippen MR) is 68.1 cm³/mol. The molecule has 18 heavy (non-hydrogen) atoms. The van der Waals surface area contributed by atoms with E-state index in [-0.39, 0.29) is 11.8 Å². The smallest absolute Gasteiger partial charge is 0.236 e. The zero-order chi connectivity index (χ0) is 13.0. The second-order valence-corrected chi connectivity index (χ2v) is 4.91. The normalized spacial score (nSPS) is 22.1. The number of amides is 2. The molecule has 102 valence electrons. The summed E-state index contributed by atoms with van der Waals surface area (Å²) in [6.45, 7) is 8.59. The van der Waals surface area contributed by atoms with Gasteiger partial charge in [-0.15, -0.1) is 0 Å². The molecule has 2 heterocycles. The summed E-state index contributed by atoms with van der Waals surface area (Å²) in [5.74, 6) is 0.296. The minimum absolute atomic E-state index is 0.101. The van der Waals surface area contributed by atoms with Gasteiger partial charge < -0.3 is 15.1 Å². The van der Waals surface area contributed by atoms with Gasteiger partial charge in [-0.3, -0.25) is 14.5 Å². The van der Waals surface area contributed by atoms with Gasteiger partial charge in [0.15, 0.2) is 0 Å². The van der Waals surface area contributed by atoms with Crippen molar-refractivity contribution < 1.29 is 9.59 Å². The summed E-state index contributed by atoms with van der Waals surface area (Å²) in [4.78, 5) is 29.2. The van der Waals surface area contributed by atoms with Crippen molar-refractivity contribution in [1.29, 1.82) is 0 Å². The molecule has 0 radical (unpaired) electrons. The summed E-state index contributed by atoms with van der Waals surface area (Å²) in [7, 11) is 0. The number of hydrogen-bond acceptors (Lipinski definition) is 4. The van der Waals surface area contributed by atoms with Crippen molar-refractivity contribution in [2.75, 3.05) is 58.9 Å². The lowest BCUT2D eigenvalue weighted by molar-refractivity contribution is -0.139. The number of nitrogens with zero attached hydrogens (tertiary/aromatic N) is 3. The van der Waals surface area contributed by atoms with Gasteiger partial charge >= 0.3 is 0 Å². The number of carbonyl (C=O) groups excluding carboxylic acids is 2. The van der Waals surface area contributed by atoms with E-state index in [9.17, 15) is 9.59 Å². The Balaban J connectivity index is 1.75. The molecular weight excluding hydrogens is 232 g/mol. The van der Waals surface area contributed by atoms with Crippen molar-refractivity contribution in [3.63, 3.8) is 0 Å². The number of carbonyl (C=O) groups is 2. The molecule has 0 spiro atoms. The van der Waals surface area contributed by atoms with Crippen LogP contribution in [-0.2, 0) is 9.59 Å². The Hall–Kier alpha value is -1.14. The minimum atomic E-state index is 0.101. The number of rotatable bonds is 2. The Labute approximate surface area is 108 Å². The molecule has 6 heteroatoms. The molecule has 0 aliphatic carbocycles. The van der Waals surface area contributed by atoms with E-state index in [1.807, 2.05) is 4.90 Å². The third-order valence-electron chi connectivity index (χ3n) is 3.65. The van der Waals surface area contributed by atoms with Crippen LogP contribution in [0.15, 0.2) is 0 Å². The summed E-state index contributed by atoms with van der Waals surface area (Å²) in [6.07, 6.45) is 0. The van der Waals surface area contributed by atoms with Gasteiger partial charge in [0.25, 0.3) is 0 Å². The summed E-state index contributed by atoms with van der Waals surface area (Å²) >= 11 is 0. The predicted octanol–water partition coefficient (Wildman–Crippen LogP) is -1.42. The van der Waals surface area contributed by atoms with E-state index in [1.165, 1.54) is 0 Å². The lowest BCUT2D eigenvalue weighted by atomic mass is 10.3. The molecule has 0 bridgehead atoms. The highest BCUT2D eigenvalue weighted by Gasteiger charge is 2.23. The third kappa shape index (κ3) is 3.43. The maximum absolute atomic E-state index is 12.1. The first kappa shape index (κ1) is 13.3. The van der Waals surface area contributed by atoms with E-state index >= 15 is 0 Å². The third-order valence-corrected chi connectivity index (χ3v) is 3.65. The summed E-state index contributed by atoms with van der Waals surface area (Å²) in [6, 6.07) is 0. The highest BCUT2D eigenvalue weighted by molar-refractivity contribution is 5.79. The molecule has 0 aromatic heterocycles. The SMILES string of the molecule is CC(=O)N1CCN(C(=O)CN2CCNCC2)CC1. The van der Waals surface area contributed by atoms with E-state index in [0.29, 0.717) is 32.7 Å². The minimum Gasteiger partial charge on any atom is -0.339 e.